The standard InChI is InChI=1S/C23H31N3O3/c1-5-12-26(13-6-2)15-17-10-8-9-11-18(17)21-19(14-24)22(25)29-16(4)20(21)23(27)28-7-3/h8-11,21H,5-7,12-13,15,25H2,1-4H3. The van der Waals surface area contributed by atoms with E-state index < -0.39 is 11.9 Å². The average molecular weight is 398 g/mol. The number of esters is 1. The molecule has 1 aromatic rings. The minimum atomic E-state index is -0.603. The third-order valence-corrected chi connectivity index (χ3v) is 4.94. The van der Waals surface area contributed by atoms with Gasteiger partial charge in [-0.25, -0.2) is 4.79 Å². The monoisotopic (exact) mass is 397 g/mol. The summed E-state index contributed by atoms with van der Waals surface area (Å²) in [5.74, 6) is -0.673. The van der Waals surface area contributed by atoms with E-state index in [0.29, 0.717) is 11.3 Å². The van der Waals surface area contributed by atoms with Crippen LogP contribution in [0.4, 0.5) is 0 Å². The van der Waals surface area contributed by atoms with Crippen LogP contribution in [0.25, 0.3) is 0 Å². The lowest BCUT2D eigenvalue weighted by Crippen LogP contribution is -2.28. The average Bonchev–Trinajstić information content (AvgIpc) is 2.68. The fourth-order valence-corrected chi connectivity index (χ4v) is 3.77. The second kappa shape index (κ2) is 10.7. The maximum atomic E-state index is 12.8. The summed E-state index contributed by atoms with van der Waals surface area (Å²) in [6, 6.07) is 10.1. The fourth-order valence-electron chi connectivity index (χ4n) is 3.77. The molecule has 1 heterocycles. The van der Waals surface area contributed by atoms with Gasteiger partial charge in [-0.2, -0.15) is 5.26 Å². The van der Waals surface area contributed by atoms with Gasteiger partial charge < -0.3 is 15.2 Å². The maximum absolute atomic E-state index is 12.8. The molecule has 6 nitrogen and oxygen atoms in total. The van der Waals surface area contributed by atoms with Crippen molar-refractivity contribution in [3.63, 3.8) is 0 Å². The first-order valence-corrected chi connectivity index (χ1v) is 10.2. The number of carbonyl (C=O) groups is 1. The van der Waals surface area contributed by atoms with E-state index in [0.717, 1.165) is 43.6 Å². The van der Waals surface area contributed by atoms with E-state index in [1.807, 2.05) is 24.3 Å². The van der Waals surface area contributed by atoms with Crippen LogP contribution in [0.2, 0.25) is 0 Å². The first kappa shape index (κ1) is 22.5. The number of nitrogens with zero attached hydrogens (tertiary/aromatic N) is 2. The Kier molecular flexibility index (Phi) is 8.29. The Bertz CT molecular complexity index is 830. The normalized spacial score (nSPS) is 16.6. The Morgan fingerprint density at radius 2 is 1.90 bits per heavy atom. The first-order valence-electron chi connectivity index (χ1n) is 10.2. The number of nitriles is 1. The third-order valence-electron chi connectivity index (χ3n) is 4.94. The van der Waals surface area contributed by atoms with Crippen LogP contribution in [0.1, 0.15) is 57.6 Å². The molecule has 0 bridgehead atoms. The van der Waals surface area contributed by atoms with Crippen LogP contribution in [-0.2, 0) is 20.8 Å². The van der Waals surface area contributed by atoms with Crippen molar-refractivity contribution in [2.75, 3.05) is 19.7 Å². The summed E-state index contributed by atoms with van der Waals surface area (Å²) in [5, 5.41) is 9.80. The second-order valence-corrected chi connectivity index (χ2v) is 7.09. The highest BCUT2D eigenvalue weighted by Gasteiger charge is 2.37. The fraction of sp³-hybridized carbons (Fsp3) is 0.478. The maximum Gasteiger partial charge on any atom is 0.338 e. The molecule has 0 saturated carbocycles. The molecule has 6 heteroatoms. The molecule has 29 heavy (non-hydrogen) atoms. The van der Waals surface area contributed by atoms with Crippen molar-refractivity contribution in [3.8, 4) is 6.07 Å². The summed E-state index contributed by atoms with van der Waals surface area (Å²) in [4.78, 5) is 15.1. The van der Waals surface area contributed by atoms with Crippen molar-refractivity contribution < 1.29 is 14.3 Å². The molecule has 0 spiro atoms. The molecule has 1 unspecified atom stereocenters. The topological polar surface area (TPSA) is 88.6 Å². The van der Waals surface area contributed by atoms with Gasteiger partial charge in [-0.15, -0.1) is 0 Å². The van der Waals surface area contributed by atoms with Crippen molar-refractivity contribution >= 4 is 5.97 Å². The molecule has 2 rings (SSSR count). The molecular weight excluding hydrogens is 366 g/mol. The molecule has 2 N–H and O–H groups in total. The highest BCUT2D eigenvalue weighted by atomic mass is 16.5. The lowest BCUT2D eigenvalue weighted by molar-refractivity contribution is -0.139. The van der Waals surface area contributed by atoms with Gasteiger partial charge in [-0.05, 0) is 50.9 Å². The Morgan fingerprint density at radius 1 is 1.24 bits per heavy atom. The van der Waals surface area contributed by atoms with Gasteiger partial charge in [0.15, 0.2) is 0 Å². The number of hydrogen-bond donors (Lipinski definition) is 1. The van der Waals surface area contributed by atoms with Crippen LogP contribution in [0.5, 0.6) is 0 Å². The summed E-state index contributed by atoms with van der Waals surface area (Å²) in [6.45, 7) is 10.7. The molecule has 0 aliphatic carbocycles. The van der Waals surface area contributed by atoms with Crippen molar-refractivity contribution in [1.29, 1.82) is 5.26 Å². The Morgan fingerprint density at radius 3 is 2.48 bits per heavy atom. The van der Waals surface area contributed by atoms with Crippen LogP contribution in [0, 0.1) is 11.3 Å². The summed E-state index contributed by atoms with van der Waals surface area (Å²) in [5.41, 5.74) is 8.55. The van der Waals surface area contributed by atoms with Crippen molar-refractivity contribution in [1.82, 2.24) is 4.90 Å². The van der Waals surface area contributed by atoms with E-state index in [9.17, 15) is 10.1 Å². The number of rotatable bonds is 9. The lowest BCUT2D eigenvalue weighted by Gasteiger charge is -2.29. The summed E-state index contributed by atoms with van der Waals surface area (Å²) < 4.78 is 10.8. The molecule has 0 aromatic heterocycles. The predicted octanol–water partition coefficient (Wildman–Crippen LogP) is 3.95. The Balaban J connectivity index is 2.57. The molecule has 1 aromatic carbocycles. The molecule has 156 valence electrons. The quantitative estimate of drug-likeness (QED) is 0.635. The smallest absolute Gasteiger partial charge is 0.338 e. The Hall–Kier alpha value is -2.78. The zero-order valence-corrected chi connectivity index (χ0v) is 17.8. The van der Waals surface area contributed by atoms with E-state index in [1.165, 1.54) is 0 Å². The molecule has 0 amide bonds. The second-order valence-electron chi connectivity index (χ2n) is 7.09. The molecule has 1 aliphatic heterocycles. The minimum absolute atomic E-state index is 0.0387. The highest BCUT2D eigenvalue weighted by Crippen LogP contribution is 2.41. The van der Waals surface area contributed by atoms with Crippen LogP contribution in [0.15, 0.2) is 47.1 Å². The number of allylic oxidation sites excluding steroid dienone is 2. The molecule has 0 saturated heterocycles. The third kappa shape index (κ3) is 5.18. The van der Waals surface area contributed by atoms with Gasteiger partial charge in [-0.3, -0.25) is 4.90 Å². The van der Waals surface area contributed by atoms with Crippen molar-refractivity contribution in [3.05, 3.63) is 58.2 Å². The number of ether oxygens (including phenoxy) is 2. The van der Waals surface area contributed by atoms with Gasteiger partial charge in [0.2, 0.25) is 5.88 Å². The Labute approximate surface area is 173 Å². The molecule has 1 atom stereocenters. The number of hydrogen-bond acceptors (Lipinski definition) is 6. The van der Waals surface area contributed by atoms with E-state index in [4.69, 9.17) is 15.2 Å². The van der Waals surface area contributed by atoms with E-state index in [-0.39, 0.29) is 18.1 Å². The molecule has 0 radical (unpaired) electrons. The summed E-state index contributed by atoms with van der Waals surface area (Å²) >= 11 is 0. The first-order chi connectivity index (χ1) is 14.0. The zero-order valence-electron chi connectivity index (χ0n) is 17.8. The van der Waals surface area contributed by atoms with Gasteiger partial charge in [0, 0.05) is 6.54 Å². The van der Waals surface area contributed by atoms with E-state index in [2.05, 4.69) is 24.8 Å². The number of benzene rings is 1. The largest absolute Gasteiger partial charge is 0.463 e. The van der Waals surface area contributed by atoms with E-state index in [1.54, 1.807) is 13.8 Å². The van der Waals surface area contributed by atoms with Crippen LogP contribution < -0.4 is 5.73 Å². The molecule has 1 aliphatic rings. The van der Waals surface area contributed by atoms with Crippen LogP contribution in [0.3, 0.4) is 0 Å². The number of carbonyl (C=O) groups excluding carboxylic acids is 1. The van der Waals surface area contributed by atoms with Gasteiger partial charge in [0.25, 0.3) is 0 Å². The van der Waals surface area contributed by atoms with Crippen LogP contribution in [-0.4, -0.2) is 30.6 Å². The molecular formula is C23H31N3O3. The molecule has 0 fully saturated rings. The van der Waals surface area contributed by atoms with Crippen molar-refractivity contribution in [2.45, 2.75) is 53.0 Å². The lowest BCUT2D eigenvalue weighted by atomic mass is 9.81. The van der Waals surface area contributed by atoms with Gasteiger partial charge in [-0.1, -0.05) is 38.1 Å². The minimum Gasteiger partial charge on any atom is -0.463 e. The van der Waals surface area contributed by atoms with Gasteiger partial charge >= 0.3 is 5.97 Å². The SMILES string of the molecule is CCCN(CCC)Cc1ccccc1C1C(C#N)=C(N)OC(C)=C1C(=O)OCC. The van der Waals surface area contributed by atoms with Gasteiger partial charge in [0.05, 0.1) is 18.1 Å². The summed E-state index contributed by atoms with van der Waals surface area (Å²) in [6.07, 6.45) is 2.12. The van der Waals surface area contributed by atoms with Crippen molar-refractivity contribution in [2.24, 2.45) is 5.73 Å². The van der Waals surface area contributed by atoms with E-state index >= 15 is 0 Å². The summed E-state index contributed by atoms with van der Waals surface area (Å²) in [7, 11) is 0. The van der Waals surface area contributed by atoms with Crippen LogP contribution >= 0.6 is 0 Å². The predicted molar refractivity (Wildman–Crippen MR) is 112 cm³/mol. The zero-order chi connectivity index (χ0) is 21.4. The number of nitrogens with two attached hydrogens (primary N) is 1. The van der Waals surface area contributed by atoms with Gasteiger partial charge in [0.1, 0.15) is 17.4 Å². The highest BCUT2D eigenvalue weighted by molar-refractivity contribution is 5.92.